The first-order chi connectivity index (χ1) is 13.5. The topological polar surface area (TPSA) is 99.2 Å². The van der Waals surface area contributed by atoms with Gasteiger partial charge in [0.25, 0.3) is 5.91 Å². The van der Waals surface area contributed by atoms with Crippen molar-refractivity contribution < 1.29 is 24.2 Å². The molecule has 3 amide bonds. The minimum Gasteiger partial charge on any atom is -0.495 e. The smallest absolute Gasteiger partial charge is 0.322 e. The third-order valence-electron chi connectivity index (χ3n) is 5.08. The first-order valence-electron chi connectivity index (χ1n) is 8.88. The van der Waals surface area contributed by atoms with E-state index in [1.54, 1.807) is 42.5 Å². The monoisotopic (exact) mass is 381 g/mol. The summed E-state index contributed by atoms with van der Waals surface area (Å²) in [7, 11) is 1.50. The molecule has 8 nitrogen and oxygen atoms in total. The Kier molecular flexibility index (Phi) is 4.38. The number of nitrogens with one attached hydrogen (secondary N) is 1. The molecule has 0 radical (unpaired) electrons. The molecule has 2 aliphatic heterocycles. The van der Waals surface area contributed by atoms with Gasteiger partial charge in [-0.15, -0.1) is 0 Å². The summed E-state index contributed by atoms with van der Waals surface area (Å²) in [6.45, 7) is 1.06. The number of para-hydroxylation sites is 1. The maximum absolute atomic E-state index is 13.2. The number of anilines is 2. The zero-order chi connectivity index (χ0) is 19.8. The number of benzene rings is 2. The average Bonchev–Trinajstić information content (AvgIpc) is 3.30. The number of urea groups is 1. The van der Waals surface area contributed by atoms with E-state index in [4.69, 9.17) is 4.74 Å². The van der Waals surface area contributed by atoms with Crippen LogP contribution < -0.4 is 19.9 Å². The molecule has 4 rings (SSSR count). The number of rotatable bonds is 4. The van der Waals surface area contributed by atoms with E-state index in [2.05, 4.69) is 5.32 Å². The van der Waals surface area contributed by atoms with Gasteiger partial charge < -0.3 is 20.1 Å². The Labute approximate surface area is 161 Å². The van der Waals surface area contributed by atoms with Crippen LogP contribution in [0.1, 0.15) is 21.8 Å². The number of aliphatic carboxylic acids is 1. The highest BCUT2D eigenvalue weighted by Crippen LogP contribution is 2.38. The number of hydrogen-bond acceptors (Lipinski definition) is 4. The summed E-state index contributed by atoms with van der Waals surface area (Å²) in [5.41, 5.74) is 2.08. The minimum absolute atomic E-state index is 0.0685. The van der Waals surface area contributed by atoms with Crippen LogP contribution in [0.15, 0.2) is 42.5 Å². The van der Waals surface area contributed by atoms with E-state index in [-0.39, 0.29) is 18.5 Å². The Bertz CT molecular complexity index is 974. The molecule has 0 spiro atoms. The molecular weight excluding hydrogens is 362 g/mol. The quantitative estimate of drug-likeness (QED) is 0.845. The maximum atomic E-state index is 13.2. The van der Waals surface area contributed by atoms with Gasteiger partial charge in [0.1, 0.15) is 11.7 Å². The molecule has 2 aliphatic rings. The Hall–Kier alpha value is -3.55. The fourth-order valence-corrected chi connectivity index (χ4v) is 3.70. The Morgan fingerprint density at radius 2 is 1.96 bits per heavy atom. The standard InChI is InChI=1S/C20H19N3O5/c1-28-17-7-6-12(10-16(17)22-9-8-21-20(22)27)18(24)23-11-14(19(25)26)13-4-2-3-5-15(13)23/h2-7,10,14H,8-9,11H2,1H3,(H,21,27)(H,25,26). The molecule has 2 aromatic carbocycles. The van der Waals surface area contributed by atoms with E-state index in [0.29, 0.717) is 41.3 Å². The van der Waals surface area contributed by atoms with Crippen molar-refractivity contribution in [1.82, 2.24) is 5.32 Å². The van der Waals surface area contributed by atoms with Crippen molar-refractivity contribution in [3.8, 4) is 5.75 Å². The number of nitrogens with zero attached hydrogens (tertiary/aromatic N) is 2. The summed E-state index contributed by atoms with van der Waals surface area (Å²) >= 11 is 0. The van der Waals surface area contributed by atoms with Gasteiger partial charge in [0.2, 0.25) is 0 Å². The van der Waals surface area contributed by atoms with Crippen molar-refractivity contribution >= 4 is 29.3 Å². The highest BCUT2D eigenvalue weighted by atomic mass is 16.5. The molecular formula is C20H19N3O5. The lowest BCUT2D eigenvalue weighted by Gasteiger charge is -2.21. The van der Waals surface area contributed by atoms with Crippen LogP contribution in [-0.4, -0.2) is 49.8 Å². The highest BCUT2D eigenvalue weighted by Gasteiger charge is 2.37. The van der Waals surface area contributed by atoms with Gasteiger partial charge in [-0.2, -0.15) is 0 Å². The molecule has 2 heterocycles. The van der Waals surface area contributed by atoms with Crippen LogP contribution in [-0.2, 0) is 4.79 Å². The Balaban J connectivity index is 1.71. The van der Waals surface area contributed by atoms with Gasteiger partial charge in [-0.1, -0.05) is 18.2 Å². The zero-order valence-corrected chi connectivity index (χ0v) is 15.2. The van der Waals surface area contributed by atoms with Gasteiger partial charge in [-0.25, -0.2) is 4.79 Å². The van der Waals surface area contributed by atoms with Crippen molar-refractivity contribution in [3.63, 3.8) is 0 Å². The Morgan fingerprint density at radius 1 is 1.18 bits per heavy atom. The van der Waals surface area contributed by atoms with Gasteiger partial charge in [-0.05, 0) is 29.8 Å². The second-order valence-electron chi connectivity index (χ2n) is 6.64. The van der Waals surface area contributed by atoms with Crippen LogP contribution in [0.4, 0.5) is 16.2 Å². The number of methoxy groups -OCH3 is 1. The highest BCUT2D eigenvalue weighted by molar-refractivity contribution is 6.10. The van der Waals surface area contributed by atoms with Crippen molar-refractivity contribution in [2.75, 3.05) is 36.5 Å². The molecule has 0 aliphatic carbocycles. The molecule has 28 heavy (non-hydrogen) atoms. The van der Waals surface area contributed by atoms with Crippen LogP contribution >= 0.6 is 0 Å². The zero-order valence-electron chi connectivity index (χ0n) is 15.2. The third-order valence-corrected chi connectivity index (χ3v) is 5.08. The summed E-state index contributed by atoms with van der Waals surface area (Å²) < 4.78 is 5.35. The first kappa shape index (κ1) is 17.8. The van der Waals surface area contributed by atoms with Crippen molar-refractivity contribution in [1.29, 1.82) is 0 Å². The SMILES string of the molecule is COc1ccc(C(=O)N2CC(C(=O)O)c3ccccc32)cc1N1CCNC1=O. The van der Waals surface area contributed by atoms with E-state index >= 15 is 0 Å². The molecule has 2 N–H and O–H groups in total. The number of carboxylic acids is 1. The van der Waals surface area contributed by atoms with E-state index in [0.717, 1.165) is 0 Å². The number of carbonyl (C=O) groups is 3. The molecule has 1 fully saturated rings. The van der Waals surface area contributed by atoms with Gasteiger partial charge in [-0.3, -0.25) is 14.5 Å². The second-order valence-corrected chi connectivity index (χ2v) is 6.64. The summed E-state index contributed by atoms with van der Waals surface area (Å²) in [5, 5.41) is 12.2. The summed E-state index contributed by atoms with van der Waals surface area (Å²) in [6.07, 6.45) is 0. The van der Waals surface area contributed by atoms with Gasteiger partial charge in [0.15, 0.2) is 0 Å². The maximum Gasteiger partial charge on any atom is 0.322 e. The normalized spacial score (nSPS) is 18.0. The predicted molar refractivity (Wildman–Crippen MR) is 102 cm³/mol. The van der Waals surface area contributed by atoms with E-state index in [1.807, 2.05) is 0 Å². The third kappa shape index (κ3) is 2.83. The molecule has 1 atom stereocenters. The summed E-state index contributed by atoms with van der Waals surface area (Å²) in [4.78, 5) is 39.9. The van der Waals surface area contributed by atoms with Gasteiger partial charge in [0, 0.05) is 30.9 Å². The largest absolute Gasteiger partial charge is 0.495 e. The lowest BCUT2D eigenvalue weighted by molar-refractivity contribution is -0.138. The van der Waals surface area contributed by atoms with Crippen LogP contribution in [0.2, 0.25) is 0 Å². The second kappa shape index (κ2) is 6.88. The van der Waals surface area contributed by atoms with Gasteiger partial charge in [0.05, 0.1) is 12.8 Å². The Morgan fingerprint density at radius 3 is 2.64 bits per heavy atom. The van der Waals surface area contributed by atoms with Crippen LogP contribution in [0.25, 0.3) is 0 Å². The molecule has 2 aromatic rings. The fourth-order valence-electron chi connectivity index (χ4n) is 3.70. The van der Waals surface area contributed by atoms with Crippen LogP contribution in [0, 0.1) is 0 Å². The fraction of sp³-hybridized carbons (Fsp3) is 0.250. The molecule has 0 saturated carbocycles. The number of carbonyl (C=O) groups excluding carboxylic acids is 2. The lowest BCUT2D eigenvalue weighted by atomic mass is 10.0. The molecule has 144 valence electrons. The number of amides is 3. The minimum atomic E-state index is -0.966. The molecule has 1 unspecified atom stereocenters. The predicted octanol–water partition coefficient (Wildman–Crippen LogP) is 2.05. The van der Waals surface area contributed by atoms with E-state index in [1.165, 1.54) is 16.9 Å². The van der Waals surface area contributed by atoms with Crippen molar-refractivity contribution in [3.05, 3.63) is 53.6 Å². The van der Waals surface area contributed by atoms with E-state index < -0.39 is 11.9 Å². The van der Waals surface area contributed by atoms with Crippen LogP contribution in [0.3, 0.4) is 0 Å². The molecule has 8 heteroatoms. The van der Waals surface area contributed by atoms with Gasteiger partial charge >= 0.3 is 12.0 Å². The molecule has 1 saturated heterocycles. The van der Waals surface area contributed by atoms with Crippen molar-refractivity contribution in [2.45, 2.75) is 5.92 Å². The number of ether oxygens (including phenoxy) is 1. The molecule has 0 bridgehead atoms. The average molecular weight is 381 g/mol. The molecule has 0 aromatic heterocycles. The lowest BCUT2D eigenvalue weighted by Crippen LogP contribution is -2.32. The summed E-state index contributed by atoms with van der Waals surface area (Å²) in [5.74, 6) is -1.56. The number of hydrogen-bond donors (Lipinski definition) is 2. The van der Waals surface area contributed by atoms with Crippen molar-refractivity contribution in [2.24, 2.45) is 0 Å². The summed E-state index contributed by atoms with van der Waals surface area (Å²) in [6, 6.07) is 11.6. The van der Waals surface area contributed by atoms with E-state index in [9.17, 15) is 19.5 Å². The van der Waals surface area contributed by atoms with Crippen LogP contribution in [0.5, 0.6) is 5.75 Å². The number of fused-ring (bicyclic) bond motifs is 1. The first-order valence-corrected chi connectivity index (χ1v) is 8.88. The number of carboxylic acid groups (broad SMARTS) is 1.